The molecular formula is C60H92O30S. The van der Waals surface area contributed by atoms with Gasteiger partial charge in [-0.1, -0.05) is 44.9 Å². The number of Topliss-reactive ketones (excluding diaryl/α,β-unsaturated/α-hetero) is 1. The third-order valence-corrected chi connectivity index (χ3v) is 22.3. The number of rotatable bonds is 19. The number of allylic oxidation sites excluding steroid dienone is 3. The van der Waals surface area contributed by atoms with Gasteiger partial charge in [-0.2, -0.15) is 8.42 Å². The van der Waals surface area contributed by atoms with Crippen molar-refractivity contribution < 1.29 is 145 Å². The van der Waals surface area contributed by atoms with Gasteiger partial charge in [-0.3, -0.25) is 18.9 Å². The van der Waals surface area contributed by atoms with Gasteiger partial charge >= 0.3 is 22.3 Å². The SMILES string of the molecule is C=C(C)CCC[C@]1(C)OC(=O)[C@]23CC[C@H]4C(=CC[C@H]5C(C)(C)[C@@H](O[C@@H]6OC[C@@H](OS(=O)(=O)O)[C@H](O)[C@H]6O[C@@H]6O[C@H](C)[C@@H](O[C@@H]7O[C@H](CO)[C@@H](O)[C@H](O[C@@H]8O[C@H](COC(C)=O)[C@@H](O)[C@H](O)[C@H]8O)[C@H]7O)[C@H](O)[C@H]6O[C@@H]6OC[C@@H](O)[C@H](O)[C@H]6O)CC[C@]45C)[C@]2(C)CC(=O)[C@@H]31. The molecule has 10 aliphatic rings. The number of ketones is 1. The number of hydrogen-bond acceptors (Lipinski definition) is 29. The molecule has 0 radical (unpaired) electrons. The number of cyclic esters (lactones) is 1. The highest BCUT2D eigenvalue weighted by Gasteiger charge is 2.79. The normalized spacial score (nSPS) is 49.8. The van der Waals surface area contributed by atoms with Crippen LogP contribution in [-0.2, 0) is 85.8 Å². The molecule has 6 aliphatic heterocycles. The molecule has 9 fully saturated rings. The topological polar surface area (TPSA) is 448 Å². The van der Waals surface area contributed by atoms with Crippen LogP contribution in [0.3, 0.4) is 0 Å². The van der Waals surface area contributed by atoms with E-state index in [-0.39, 0.29) is 30.0 Å². The van der Waals surface area contributed by atoms with Gasteiger partial charge in [0.1, 0.15) is 122 Å². The lowest BCUT2D eigenvalue weighted by atomic mass is 9.41. The number of aliphatic hydroxyl groups excluding tert-OH is 11. The zero-order valence-electron chi connectivity index (χ0n) is 52.2. The van der Waals surface area contributed by atoms with Gasteiger partial charge in [-0.25, -0.2) is 4.18 Å². The van der Waals surface area contributed by atoms with Crippen molar-refractivity contribution in [2.24, 2.45) is 39.4 Å². The Morgan fingerprint density at radius 2 is 1.32 bits per heavy atom. The second kappa shape index (κ2) is 26.5. The van der Waals surface area contributed by atoms with Crippen LogP contribution in [0.5, 0.6) is 0 Å². The molecular weight excluding hydrogens is 1230 g/mol. The van der Waals surface area contributed by atoms with Crippen LogP contribution in [0, 0.1) is 39.4 Å². The van der Waals surface area contributed by atoms with Crippen molar-refractivity contribution in [1.29, 1.82) is 0 Å². The van der Waals surface area contributed by atoms with Gasteiger partial charge in [0.2, 0.25) is 0 Å². The van der Waals surface area contributed by atoms with Crippen molar-refractivity contribution in [3.63, 3.8) is 0 Å². The van der Waals surface area contributed by atoms with Crippen LogP contribution >= 0.6 is 0 Å². The zero-order chi connectivity index (χ0) is 66.6. The second-order valence-corrected chi connectivity index (χ2v) is 29.1. The van der Waals surface area contributed by atoms with Crippen LogP contribution in [-0.4, -0.2) is 266 Å². The van der Waals surface area contributed by atoms with Crippen LogP contribution in [0.1, 0.15) is 113 Å². The van der Waals surface area contributed by atoms with Gasteiger partial charge in [0.05, 0.1) is 43.4 Å². The number of ether oxygens (including phenoxy) is 12. The maximum Gasteiger partial charge on any atom is 0.397 e. The molecule has 10 rings (SSSR count). The molecule has 0 bridgehead atoms. The summed E-state index contributed by atoms with van der Waals surface area (Å²) in [5.74, 6) is -1.81. The third kappa shape index (κ3) is 12.8. The molecule has 6 saturated heterocycles. The van der Waals surface area contributed by atoms with E-state index < -0.39 is 223 Å². The largest absolute Gasteiger partial charge is 0.463 e. The molecule has 518 valence electrons. The van der Waals surface area contributed by atoms with Gasteiger partial charge in [-0.05, 0) is 94.8 Å². The molecule has 0 aromatic carbocycles. The quantitative estimate of drug-likeness (QED) is 0.0378. The number of esters is 2. The van der Waals surface area contributed by atoms with Crippen molar-refractivity contribution in [2.45, 2.75) is 266 Å². The highest BCUT2D eigenvalue weighted by molar-refractivity contribution is 7.80. The molecule has 91 heavy (non-hydrogen) atoms. The summed E-state index contributed by atoms with van der Waals surface area (Å²) >= 11 is 0. The Balaban J connectivity index is 0.903. The van der Waals surface area contributed by atoms with Crippen molar-refractivity contribution in [2.75, 3.05) is 26.4 Å². The minimum atomic E-state index is -5.29. The lowest BCUT2D eigenvalue weighted by Crippen LogP contribution is -2.68. The van der Waals surface area contributed by atoms with E-state index in [2.05, 4.69) is 26.5 Å². The van der Waals surface area contributed by atoms with Gasteiger partial charge in [0.15, 0.2) is 31.5 Å². The Morgan fingerprint density at radius 1 is 0.692 bits per heavy atom. The summed E-state index contributed by atoms with van der Waals surface area (Å²) in [6, 6.07) is 0. The van der Waals surface area contributed by atoms with E-state index >= 15 is 0 Å². The van der Waals surface area contributed by atoms with Crippen LogP contribution in [0.2, 0.25) is 0 Å². The first kappa shape index (κ1) is 70.9. The van der Waals surface area contributed by atoms with Crippen molar-refractivity contribution in [3.8, 4) is 0 Å². The maximum absolute atomic E-state index is 14.5. The summed E-state index contributed by atoms with van der Waals surface area (Å²) in [5.41, 5.74) is -1.80. The zero-order valence-corrected chi connectivity index (χ0v) is 53.0. The highest BCUT2D eigenvalue weighted by Crippen LogP contribution is 2.75. The molecule has 1 spiro atoms. The lowest BCUT2D eigenvalue weighted by Gasteiger charge is -2.63. The van der Waals surface area contributed by atoms with Crippen LogP contribution in [0.25, 0.3) is 0 Å². The van der Waals surface area contributed by atoms with Crippen molar-refractivity contribution in [1.82, 2.24) is 0 Å². The molecule has 0 aromatic rings. The minimum absolute atomic E-state index is 0.0305. The Labute approximate surface area is 526 Å². The first-order valence-corrected chi connectivity index (χ1v) is 32.7. The van der Waals surface area contributed by atoms with E-state index in [4.69, 9.17) is 61.0 Å². The fourth-order valence-electron chi connectivity index (χ4n) is 17.2. The molecule has 6 heterocycles. The molecule has 4 aliphatic carbocycles. The standard InChI is InChI=1S/C60H92O30S/c1-24(2)11-10-16-59(9)49-29(63)19-58(8)28-12-13-34-56(5,6)35(15-17-57(34,7)27(28)14-18-60(49,58)55(74)89-59)84-53-47(39(68)33(23-80-53)90-91(75,76)77)88-54-48(87-50-41(70)36(65)30(64)21-79-50)43(72)45(25(3)81-54)85-52-44(73)46(38(67)31(20-61)82-52)86-51-42(71)40(69)37(66)32(83-51)22-78-26(4)62/h12,25,27,30-54,61,64-73H,1,10-11,13-23H2,2-9H3,(H,75,76,77)/t25-,27+,30-,31-,32-,33-,34+,35+,36+,37-,38-,39+,40+,41-,42-,43+,44-,45-,46+,47-,48-,49-,50+,51+,52+,53+,54+,57-,58+,59+,60-/m1/s1. The molecule has 12 N–H and O–H groups in total. The first-order chi connectivity index (χ1) is 42.5. The molecule has 30 nitrogen and oxygen atoms in total. The smallest absolute Gasteiger partial charge is 0.397 e. The predicted octanol–water partition coefficient (Wildman–Crippen LogP) is -2.00. The average molecular weight is 1330 g/mol. The fourth-order valence-corrected chi connectivity index (χ4v) is 17.6. The summed E-state index contributed by atoms with van der Waals surface area (Å²) in [6.45, 7) is 15.8. The summed E-state index contributed by atoms with van der Waals surface area (Å²) in [6.07, 6.45) is -36.6. The third-order valence-electron chi connectivity index (χ3n) is 21.9. The average Bonchev–Trinajstić information content (AvgIpc) is 1.55. The number of carbonyl (C=O) groups excluding carboxylic acids is 3. The Morgan fingerprint density at radius 3 is 1.99 bits per heavy atom. The summed E-state index contributed by atoms with van der Waals surface area (Å²) < 4.78 is 111. The van der Waals surface area contributed by atoms with E-state index in [1.54, 1.807) is 0 Å². The van der Waals surface area contributed by atoms with E-state index in [9.17, 15) is 83.5 Å². The van der Waals surface area contributed by atoms with Crippen molar-refractivity contribution in [3.05, 3.63) is 23.8 Å². The van der Waals surface area contributed by atoms with E-state index in [1.807, 2.05) is 27.7 Å². The monoisotopic (exact) mass is 1320 g/mol. The molecule has 0 amide bonds. The van der Waals surface area contributed by atoms with E-state index in [1.165, 1.54) is 6.92 Å². The number of aliphatic hydroxyl groups is 11. The van der Waals surface area contributed by atoms with Gasteiger partial charge in [0, 0.05) is 18.8 Å². The molecule has 0 unspecified atom stereocenters. The summed E-state index contributed by atoms with van der Waals surface area (Å²) in [4.78, 5) is 40.5. The Hall–Kier alpha value is -2.88. The van der Waals surface area contributed by atoms with Crippen LogP contribution in [0.4, 0.5) is 0 Å². The second-order valence-electron chi connectivity index (χ2n) is 28.1. The summed E-state index contributed by atoms with van der Waals surface area (Å²) in [7, 11) is -5.29. The molecule has 31 heteroatoms. The van der Waals surface area contributed by atoms with Crippen LogP contribution < -0.4 is 0 Å². The summed E-state index contributed by atoms with van der Waals surface area (Å²) in [5, 5.41) is 122. The Kier molecular flexibility index (Phi) is 20.7. The first-order valence-electron chi connectivity index (χ1n) is 31.3. The van der Waals surface area contributed by atoms with Crippen molar-refractivity contribution >= 4 is 28.1 Å². The van der Waals surface area contributed by atoms with Gasteiger partial charge in [-0.15, -0.1) is 6.58 Å². The predicted molar refractivity (Wildman–Crippen MR) is 303 cm³/mol. The minimum Gasteiger partial charge on any atom is -0.463 e. The lowest BCUT2D eigenvalue weighted by molar-refractivity contribution is -0.403. The number of fused-ring (bicyclic) bond motifs is 4. The van der Waals surface area contributed by atoms with Gasteiger partial charge in [0.25, 0.3) is 0 Å². The number of carbonyl (C=O) groups is 3. The maximum atomic E-state index is 14.5. The van der Waals surface area contributed by atoms with E-state index in [0.29, 0.717) is 38.5 Å². The molecule has 31 atom stereocenters. The van der Waals surface area contributed by atoms with E-state index in [0.717, 1.165) is 30.9 Å². The van der Waals surface area contributed by atoms with Crippen LogP contribution in [0.15, 0.2) is 23.8 Å². The fraction of sp³-hybridized carbons (Fsp3) is 0.883. The Bertz CT molecular complexity index is 2810. The highest BCUT2D eigenvalue weighted by atomic mass is 32.3. The molecule has 0 aromatic heterocycles. The molecule has 3 saturated carbocycles. The van der Waals surface area contributed by atoms with Gasteiger partial charge < -0.3 is 113 Å². The number of hydrogen-bond donors (Lipinski definition) is 12.